The maximum absolute atomic E-state index is 9.42. The first-order chi connectivity index (χ1) is 14.6. The monoisotopic (exact) mass is 418 g/mol. The van der Waals surface area contributed by atoms with Gasteiger partial charge in [-0.1, -0.05) is 6.92 Å². The zero-order chi connectivity index (χ0) is 21.2. The topological polar surface area (TPSA) is 88.0 Å². The highest BCUT2D eigenvalue weighted by molar-refractivity contribution is 5.79. The lowest BCUT2D eigenvalue weighted by Crippen LogP contribution is -2.44. The molecule has 0 radical (unpaired) electrons. The van der Waals surface area contributed by atoms with Crippen LogP contribution in [0.25, 0.3) is 0 Å². The third-order valence-electron chi connectivity index (χ3n) is 6.27. The number of rotatable bonds is 9. The van der Waals surface area contributed by atoms with E-state index >= 15 is 0 Å². The third kappa shape index (κ3) is 6.84. The average Bonchev–Trinajstić information content (AvgIpc) is 3.21. The summed E-state index contributed by atoms with van der Waals surface area (Å²) in [5.74, 6) is 2.29. The lowest BCUT2D eigenvalue weighted by molar-refractivity contribution is 0.127. The van der Waals surface area contributed by atoms with Gasteiger partial charge in [0.1, 0.15) is 6.10 Å². The molecule has 1 aliphatic carbocycles. The number of ether oxygens (including phenoxy) is 2. The summed E-state index contributed by atoms with van der Waals surface area (Å²) in [7, 11) is 0. The van der Waals surface area contributed by atoms with Gasteiger partial charge in [-0.25, -0.2) is 9.98 Å². The molecule has 3 rings (SSSR count). The molecule has 0 bridgehead atoms. The molecule has 1 aromatic rings. The number of aliphatic hydroxyl groups is 1. The smallest absolute Gasteiger partial charge is 0.213 e. The molecule has 2 heterocycles. The normalized spacial score (nSPS) is 27.1. The van der Waals surface area contributed by atoms with Crippen LogP contribution in [0.1, 0.15) is 57.9 Å². The van der Waals surface area contributed by atoms with Gasteiger partial charge in [-0.3, -0.25) is 0 Å². The van der Waals surface area contributed by atoms with Gasteiger partial charge in [0, 0.05) is 44.0 Å². The lowest BCUT2D eigenvalue weighted by Gasteiger charge is -2.27. The van der Waals surface area contributed by atoms with Crippen LogP contribution in [0.5, 0.6) is 5.88 Å². The number of hydrogen-bond acceptors (Lipinski definition) is 5. The highest BCUT2D eigenvalue weighted by Crippen LogP contribution is 2.31. The van der Waals surface area contributed by atoms with Crippen molar-refractivity contribution in [2.45, 2.75) is 65.0 Å². The molecule has 1 aliphatic heterocycles. The summed E-state index contributed by atoms with van der Waals surface area (Å²) in [5, 5.41) is 16.2. The summed E-state index contributed by atoms with van der Waals surface area (Å²) < 4.78 is 11.7. The number of hydrogen-bond donors (Lipinski definition) is 3. The fraction of sp³-hybridized carbons (Fsp3) is 0.739. The predicted molar refractivity (Wildman–Crippen MR) is 119 cm³/mol. The maximum Gasteiger partial charge on any atom is 0.213 e. The van der Waals surface area contributed by atoms with Crippen molar-refractivity contribution in [2.75, 3.05) is 32.9 Å². The molecule has 2 fully saturated rings. The molecule has 1 saturated carbocycles. The summed E-state index contributed by atoms with van der Waals surface area (Å²) in [4.78, 5) is 9.14. The predicted octanol–water partition coefficient (Wildman–Crippen LogP) is 2.88. The van der Waals surface area contributed by atoms with Gasteiger partial charge < -0.3 is 25.2 Å². The number of pyridine rings is 1. The van der Waals surface area contributed by atoms with E-state index in [1.54, 1.807) is 6.20 Å². The van der Waals surface area contributed by atoms with Crippen molar-refractivity contribution >= 4 is 5.96 Å². The van der Waals surface area contributed by atoms with Crippen LogP contribution in [0.15, 0.2) is 23.3 Å². The first kappa shape index (κ1) is 22.8. The number of nitrogens with zero attached hydrogens (tertiary/aromatic N) is 2. The lowest BCUT2D eigenvalue weighted by atomic mass is 9.84. The molecule has 1 unspecified atom stereocenters. The van der Waals surface area contributed by atoms with Crippen LogP contribution in [0.3, 0.4) is 0 Å². The van der Waals surface area contributed by atoms with E-state index < -0.39 is 0 Å². The van der Waals surface area contributed by atoms with Crippen LogP contribution in [-0.2, 0) is 11.3 Å². The van der Waals surface area contributed by atoms with Crippen molar-refractivity contribution in [3.8, 4) is 5.88 Å². The van der Waals surface area contributed by atoms with Crippen molar-refractivity contribution in [1.29, 1.82) is 0 Å². The molecule has 7 heteroatoms. The minimum absolute atomic E-state index is 0.0138. The van der Waals surface area contributed by atoms with Crippen molar-refractivity contribution < 1.29 is 14.6 Å². The van der Waals surface area contributed by atoms with Gasteiger partial charge in [0.05, 0.1) is 13.2 Å². The zero-order valence-electron chi connectivity index (χ0n) is 18.5. The van der Waals surface area contributed by atoms with E-state index in [4.69, 9.17) is 14.5 Å². The largest absolute Gasteiger partial charge is 0.474 e. The van der Waals surface area contributed by atoms with Crippen LogP contribution < -0.4 is 15.4 Å². The fourth-order valence-electron chi connectivity index (χ4n) is 4.23. The fourth-order valence-corrected chi connectivity index (χ4v) is 4.23. The van der Waals surface area contributed by atoms with E-state index in [2.05, 4.69) is 29.5 Å². The van der Waals surface area contributed by atoms with Gasteiger partial charge in [0.25, 0.3) is 0 Å². The Balaban J connectivity index is 1.56. The zero-order valence-corrected chi connectivity index (χ0v) is 18.5. The Bertz CT molecular complexity index is 668. The molecular weight excluding hydrogens is 380 g/mol. The second-order valence-corrected chi connectivity index (χ2v) is 8.83. The Labute approximate surface area is 180 Å². The van der Waals surface area contributed by atoms with Crippen LogP contribution >= 0.6 is 0 Å². The number of nitrogens with one attached hydrogen (secondary N) is 2. The summed E-state index contributed by atoms with van der Waals surface area (Å²) in [5.41, 5.74) is 1.07. The maximum atomic E-state index is 9.42. The Hall–Kier alpha value is -1.86. The first-order valence-electron chi connectivity index (χ1n) is 11.4. The average molecular weight is 419 g/mol. The van der Waals surface area contributed by atoms with Crippen LogP contribution in [0, 0.1) is 11.3 Å². The van der Waals surface area contributed by atoms with Gasteiger partial charge >= 0.3 is 0 Å². The van der Waals surface area contributed by atoms with Crippen LogP contribution in [0.2, 0.25) is 0 Å². The molecule has 7 nitrogen and oxygen atoms in total. The van der Waals surface area contributed by atoms with Crippen molar-refractivity contribution in [2.24, 2.45) is 16.3 Å². The quantitative estimate of drug-likeness (QED) is 0.422. The van der Waals surface area contributed by atoms with Gasteiger partial charge in [-0.05, 0) is 63.0 Å². The van der Waals surface area contributed by atoms with Crippen molar-refractivity contribution in [3.63, 3.8) is 0 Å². The molecule has 3 N–H and O–H groups in total. The third-order valence-corrected chi connectivity index (χ3v) is 6.27. The summed E-state index contributed by atoms with van der Waals surface area (Å²) in [6.45, 7) is 8.08. The van der Waals surface area contributed by atoms with Gasteiger partial charge in [-0.15, -0.1) is 0 Å². The van der Waals surface area contributed by atoms with E-state index in [0.717, 1.165) is 62.8 Å². The van der Waals surface area contributed by atoms with E-state index in [9.17, 15) is 5.11 Å². The molecular formula is C23H38N4O3. The van der Waals surface area contributed by atoms with Gasteiger partial charge in [0.2, 0.25) is 5.88 Å². The van der Waals surface area contributed by atoms with E-state index in [-0.39, 0.29) is 18.1 Å². The number of guanidine groups is 1. The number of aliphatic hydroxyl groups excluding tert-OH is 1. The molecule has 30 heavy (non-hydrogen) atoms. The van der Waals surface area contributed by atoms with Crippen LogP contribution in [0.4, 0.5) is 0 Å². The van der Waals surface area contributed by atoms with Gasteiger partial charge in [0.15, 0.2) is 5.96 Å². The Kier molecular flexibility index (Phi) is 8.75. The van der Waals surface area contributed by atoms with Crippen LogP contribution in [-0.4, -0.2) is 55.1 Å². The molecule has 1 saturated heterocycles. The molecule has 0 amide bonds. The minimum atomic E-state index is -0.0138. The van der Waals surface area contributed by atoms with E-state index in [0.29, 0.717) is 19.0 Å². The summed E-state index contributed by atoms with van der Waals surface area (Å²) >= 11 is 0. The number of aromatic nitrogens is 1. The van der Waals surface area contributed by atoms with E-state index in [1.165, 1.54) is 12.8 Å². The second kappa shape index (κ2) is 11.5. The summed E-state index contributed by atoms with van der Waals surface area (Å²) in [6.07, 6.45) is 8.47. The van der Waals surface area contributed by atoms with Crippen molar-refractivity contribution in [1.82, 2.24) is 15.6 Å². The Morgan fingerprint density at radius 2 is 2.17 bits per heavy atom. The van der Waals surface area contributed by atoms with E-state index in [1.807, 2.05) is 12.1 Å². The highest BCUT2D eigenvalue weighted by Gasteiger charge is 2.34. The molecule has 1 atom stereocenters. The Morgan fingerprint density at radius 1 is 1.33 bits per heavy atom. The first-order valence-corrected chi connectivity index (χ1v) is 11.4. The highest BCUT2D eigenvalue weighted by atomic mass is 16.5. The summed E-state index contributed by atoms with van der Waals surface area (Å²) in [6, 6.07) is 3.99. The second-order valence-electron chi connectivity index (χ2n) is 8.83. The standard InChI is InChI=1S/C23H38N4O3/c1-3-24-22(27-16-23(9-12-28)10-13-29-17-23)26-15-19-8-11-25-21(14-19)30-20-6-4-18(2)5-7-20/h8,11,14,18,20,28H,3-7,9-10,12-13,15-17H2,1-2H3,(H2,24,26,27). The van der Waals surface area contributed by atoms with Gasteiger partial charge in [-0.2, -0.15) is 0 Å². The van der Waals surface area contributed by atoms with Crippen molar-refractivity contribution in [3.05, 3.63) is 23.9 Å². The SMILES string of the molecule is CCNC(=NCc1ccnc(OC2CCC(C)CC2)c1)NCC1(CCO)CCOC1. The minimum Gasteiger partial charge on any atom is -0.474 e. The molecule has 2 aliphatic rings. The Morgan fingerprint density at radius 3 is 2.87 bits per heavy atom. The molecule has 0 spiro atoms. The molecule has 168 valence electrons. The number of aliphatic imine (C=N–C) groups is 1. The molecule has 0 aromatic carbocycles. The molecule has 1 aromatic heterocycles.